The lowest BCUT2D eigenvalue weighted by atomic mass is 10.1. The second kappa shape index (κ2) is 7.07. The largest absolute Gasteiger partial charge is 0.360 e. The lowest BCUT2D eigenvalue weighted by Crippen LogP contribution is -2.28. The monoisotopic (exact) mass is 360 g/mol. The molecule has 0 spiro atoms. The van der Waals surface area contributed by atoms with E-state index in [0.29, 0.717) is 30.1 Å². The maximum atomic E-state index is 12.8. The number of nitrogens with one attached hydrogen (secondary N) is 1. The molecule has 0 saturated carbocycles. The second-order valence-corrected chi connectivity index (χ2v) is 6.38. The summed E-state index contributed by atoms with van der Waals surface area (Å²) in [5, 5.41) is 7.05. The van der Waals surface area contributed by atoms with Crippen LogP contribution in [0.2, 0.25) is 0 Å². The summed E-state index contributed by atoms with van der Waals surface area (Å²) in [6.45, 7) is 4.85. The number of aromatic nitrogens is 3. The van der Waals surface area contributed by atoms with E-state index in [4.69, 9.17) is 4.52 Å². The Morgan fingerprint density at radius 2 is 1.81 bits per heavy atom. The standard InChI is InChI=1S/C21H20N4O2/c1-14-19(20(24-27-14)16-8-4-3-5-9-16)21(26)22-12-13-25-15(2)23-17-10-6-7-11-18(17)25/h3-11H,12-13H2,1-2H3,(H,22,26). The maximum Gasteiger partial charge on any atom is 0.257 e. The summed E-state index contributed by atoms with van der Waals surface area (Å²) >= 11 is 0. The zero-order valence-corrected chi connectivity index (χ0v) is 15.3. The van der Waals surface area contributed by atoms with E-state index in [2.05, 4.69) is 20.0 Å². The van der Waals surface area contributed by atoms with Gasteiger partial charge < -0.3 is 14.4 Å². The van der Waals surface area contributed by atoms with Crippen molar-refractivity contribution in [3.63, 3.8) is 0 Å². The molecule has 1 N–H and O–H groups in total. The van der Waals surface area contributed by atoms with Crippen molar-refractivity contribution in [2.45, 2.75) is 20.4 Å². The van der Waals surface area contributed by atoms with Gasteiger partial charge >= 0.3 is 0 Å². The van der Waals surface area contributed by atoms with E-state index < -0.39 is 0 Å². The Hall–Kier alpha value is -3.41. The smallest absolute Gasteiger partial charge is 0.257 e. The van der Waals surface area contributed by atoms with Gasteiger partial charge in [0.1, 0.15) is 22.8 Å². The molecule has 2 heterocycles. The molecule has 2 aromatic carbocycles. The van der Waals surface area contributed by atoms with Crippen molar-refractivity contribution in [3.8, 4) is 11.3 Å². The van der Waals surface area contributed by atoms with Crippen LogP contribution >= 0.6 is 0 Å². The average molecular weight is 360 g/mol. The molecule has 0 fully saturated rings. The van der Waals surface area contributed by atoms with Gasteiger partial charge in [-0.15, -0.1) is 0 Å². The van der Waals surface area contributed by atoms with Crippen LogP contribution in [-0.2, 0) is 6.54 Å². The number of amides is 1. The summed E-state index contributed by atoms with van der Waals surface area (Å²) in [4.78, 5) is 17.3. The van der Waals surface area contributed by atoms with Gasteiger partial charge in [0.15, 0.2) is 0 Å². The Balaban J connectivity index is 1.51. The molecule has 6 heteroatoms. The first-order valence-electron chi connectivity index (χ1n) is 8.87. The van der Waals surface area contributed by atoms with Crippen molar-refractivity contribution in [1.82, 2.24) is 20.0 Å². The molecule has 136 valence electrons. The number of rotatable bonds is 5. The third-order valence-electron chi connectivity index (χ3n) is 4.60. The molecule has 4 aromatic rings. The molecular weight excluding hydrogens is 340 g/mol. The summed E-state index contributed by atoms with van der Waals surface area (Å²) in [7, 11) is 0. The molecule has 0 aliphatic rings. The van der Waals surface area contributed by atoms with Gasteiger partial charge in [-0.3, -0.25) is 4.79 Å². The molecule has 4 rings (SSSR count). The van der Waals surface area contributed by atoms with Crippen LogP contribution in [0.4, 0.5) is 0 Å². The van der Waals surface area contributed by atoms with Crippen LogP contribution in [0.25, 0.3) is 22.3 Å². The molecule has 0 atom stereocenters. The van der Waals surface area contributed by atoms with Crippen LogP contribution in [0.15, 0.2) is 59.1 Å². The quantitative estimate of drug-likeness (QED) is 0.588. The molecule has 0 radical (unpaired) electrons. The number of hydrogen-bond donors (Lipinski definition) is 1. The van der Waals surface area contributed by atoms with Gasteiger partial charge in [0.2, 0.25) is 0 Å². The summed E-state index contributed by atoms with van der Waals surface area (Å²) < 4.78 is 7.38. The molecule has 2 aromatic heterocycles. The lowest BCUT2D eigenvalue weighted by Gasteiger charge is -2.09. The number of benzene rings is 2. The third kappa shape index (κ3) is 3.21. The van der Waals surface area contributed by atoms with Crippen LogP contribution < -0.4 is 5.32 Å². The highest BCUT2D eigenvalue weighted by molar-refractivity contribution is 6.00. The van der Waals surface area contributed by atoms with Gasteiger partial charge in [0.25, 0.3) is 5.91 Å². The van der Waals surface area contributed by atoms with Crippen molar-refractivity contribution < 1.29 is 9.32 Å². The summed E-state index contributed by atoms with van der Waals surface area (Å²) in [6, 6.07) is 17.6. The van der Waals surface area contributed by atoms with Crippen molar-refractivity contribution in [2.24, 2.45) is 0 Å². The van der Waals surface area contributed by atoms with Crippen molar-refractivity contribution in [2.75, 3.05) is 6.54 Å². The minimum Gasteiger partial charge on any atom is -0.360 e. The van der Waals surface area contributed by atoms with E-state index >= 15 is 0 Å². The summed E-state index contributed by atoms with van der Waals surface area (Å²) in [6.07, 6.45) is 0. The van der Waals surface area contributed by atoms with Gasteiger partial charge in [0, 0.05) is 18.7 Å². The first-order chi connectivity index (χ1) is 13.1. The van der Waals surface area contributed by atoms with Crippen molar-refractivity contribution >= 4 is 16.9 Å². The van der Waals surface area contributed by atoms with Gasteiger partial charge in [0.05, 0.1) is 11.0 Å². The van der Waals surface area contributed by atoms with E-state index in [1.165, 1.54) is 0 Å². The summed E-state index contributed by atoms with van der Waals surface area (Å²) in [5.41, 5.74) is 3.93. The van der Waals surface area contributed by atoms with E-state index in [0.717, 1.165) is 22.4 Å². The molecule has 6 nitrogen and oxygen atoms in total. The molecule has 27 heavy (non-hydrogen) atoms. The first kappa shape index (κ1) is 17.0. The zero-order valence-electron chi connectivity index (χ0n) is 15.3. The molecule has 0 bridgehead atoms. The number of para-hydroxylation sites is 2. The van der Waals surface area contributed by atoms with E-state index in [1.54, 1.807) is 6.92 Å². The molecule has 0 saturated heterocycles. The van der Waals surface area contributed by atoms with E-state index in [1.807, 2.05) is 61.5 Å². The molecule has 0 aliphatic carbocycles. The minimum atomic E-state index is -0.185. The number of carbonyl (C=O) groups is 1. The van der Waals surface area contributed by atoms with Crippen LogP contribution in [0.3, 0.4) is 0 Å². The fourth-order valence-electron chi connectivity index (χ4n) is 3.28. The predicted octanol–water partition coefficient (Wildman–Crippen LogP) is 3.74. The average Bonchev–Trinajstić information content (AvgIpc) is 3.22. The van der Waals surface area contributed by atoms with Crippen LogP contribution in [0, 0.1) is 13.8 Å². The molecular formula is C21H20N4O2. The van der Waals surface area contributed by atoms with Crippen LogP contribution in [0.5, 0.6) is 0 Å². The molecule has 0 unspecified atom stereocenters. The van der Waals surface area contributed by atoms with E-state index in [9.17, 15) is 4.79 Å². The summed E-state index contributed by atoms with van der Waals surface area (Å²) in [5.74, 6) is 1.25. The minimum absolute atomic E-state index is 0.185. The molecule has 1 amide bonds. The number of carbonyl (C=O) groups excluding carboxylic acids is 1. The number of nitrogens with zero attached hydrogens (tertiary/aromatic N) is 3. The molecule has 0 aliphatic heterocycles. The second-order valence-electron chi connectivity index (χ2n) is 6.38. The highest BCUT2D eigenvalue weighted by atomic mass is 16.5. The van der Waals surface area contributed by atoms with Crippen LogP contribution in [-0.4, -0.2) is 27.2 Å². The van der Waals surface area contributed by atoms with Gasteiger partial charge in [-0.05, 0) is 26.0 Å². The number of fused-ring (bicyclic) bond motifs is 1. The Morgan fingerprint density at radius 3 is 2.63 bits per heavy atom. The van der Waals surface area contributed by atoms with Gasteiger partial charge in [-0.2, -0.15) is 0 Å². The zero-order chi connectivity index (χ0) is 18.8. The fourth-order valence-corrected chi connectivity index (χ4v) is 3.28. The number of imidazole rings is 1. The Kier molecular flexibility index (Phi) is 4.46. The van der Waals surface area contributed by atoms with Gasteiger partial charge in [-0.25, -0.2) is 4.98 Å². The Labute approximate surface area is 156 Å². The van der Waals surface area contributed by atoms with Crippen molar-refractivity contribution in [3.05, 3.63) is 71.7 Å². The normalized spacial score (nSPS) is 11.0. The Bertz CT molecular complexity index is 1100. The highest BCUT2D eigenvalue weighted by Crippen LogP contribution is 2.24. The maximum absolute atomic E-state index is 12.8. The SMILES string of the molecule is Cc1onc(-c2ccccc2)c1C(=O)NCCn1c(C)nc2ccccc21. The van der Waals surface area contributed by atoms with Gasteiger partial charge in [-0.1, -0.05) is 47.6 Å². The fraction of sp³-hybridized carbons (Fsp3) is 0.190. The van der Waals surface area contributed by atoms with Crippen molar-refractivity contribution in [1.29, 1.82) is 0 Å². The topological polar surface area (TPSA) is 73.0 Å². The number of hydrogen-bond acceptors (Lipinski definition) is 4. The number of aryl methyl sites for hydroxylation is 2. The third-order valence-corrected chi connectivity index (χ3v) is 4.60. The predicted molar refractivity (Wildman–Crippen MR) is 103 cm³/mol. The van der Waals surface area contributed by atoms with Crippen LogP contribution in [0.1, 0.15) is 21.9 Å². The lowest BCUT2D eigenvalue weighted by molar-refractivity contribution is 0.0951. The highest BCUT2D eigenvalue weighted by Gasteiger charge is 2.21. The van der Waals surface area contributed by atoms with E-state index in [-0.39, 0.29) is 5.91 Å². The Morgan fingerprint density at radius 1 is 1.07 bits per heavy atom. The first-order valence-corrected chi connectivity index (χ1v) is 8.87.